The molecule has 0 saturated heterocycles. The van der Waals surface area contributed by atoms with Gasteiger partial charge in [-0.2, -0.15) is 4.98 Å². The van der Waals surface area contributed by atoms with Gasteiger partial charge >= 0.3 is 0 Å². The third-order valence-corrected chi connectivity index (χ3v) is 12.1. The average Bonchev–Trinajstić information content (AvgIpc) is 3.02. The number of nitrogens with zero attached hydrogens (tertiary/aromatic N) is 4. The van der Waals surface area contributed by atoms with Gasteiger partial charge in [-0.3, -0.25) is 0 Å². The van der Waals surface area contributed by atoms with Crippen LogP contribution in [0.25, 0.3) is 11.2 Å². The van der Waals surface area contributed by atoms with Crippen molar-refractivity contribution in [3.63, 3.8) is 0 Å². The molecule has 3 rings (SSSR count). The van der Waals surface area contributed by atoms with Gasteiger partial charge in [-0.1, -0.05) is 65.3 Å². The molecule has 0 atom stereocenters. The third kappa shape index (κ3) is 4.30. The molecule has 0 bridgehead atoms. The molecule has 0 aliphatic carbocycles. The van der Waals surface area contributed by atoms with E-state index in [1.165, 1.54) is 0 Å². The standard InChI is InChI=1S/C21H28Cl2N4OSi/c1-13(2)29(14(3)4,15(5)6)28-17-9-7-16(8-10-17)11-27-12-24-20-18(27)19(22)25-21(23)26-20/h7-10,12-15H,11H2,1-6H3. The second kappa shape index (κ2) is 8.62. The van der Waals surface area contributed by atoms with Gasteiger partial charge in [-0.25, -0.2) is 9.97 Å². The second-order valence-electron chi connectivity index (χ2n) is 8.39. The lowest BCUT2D eigenvalue weighted by Gasteiger charge is -2.42. The van der Waals surface area contributed by atoms with Gasteiger partial charge in [0.05, 0.1) is 6.33 Å². The summed E-state index contributed by atoms with van der Waals surface area (Å²) in [7, 11) is -1.96. The summed E-state index contributed by atoms with van der Waals surface area (Å²) in [5.41, 5.74) is 3.91. The Labute approximate surface area is 183 Å². The monoisotopic (exact) mass is 450 g/mol. The van der Waals surface area contributed by atoms with E-state index in [2.05, 4.69) is 80.8 Å². The van der Waals surface area contributed by atoms with Crippen molar-refractivity contribution >= 4 is 42.7 Å². The number of halogens is 2. The lowest BCUT2D eigenvalue weighted by atomic mass is 10.2. The van der Waals surface area contributed by atoms with E-state index in [1.807, 2.05) is 4.57 Å². The molecule has 156 valence electrons. The Hall–Kier alpha value is -1.63. The molecular weight excluding hydrogens is 423 g/mol. The van der Waals surface area contributed by atoms with Crippen LogP contribution in [0.15, 0.2) is 30.6 Å². The van der Waals surface area contributed by atoms with Crippen molar-refractivity contribution in [3.8, 4) is 5.75 Å². The van der Waals surface area contributed by atoms with Crippen molar-refractivity contribution in [2.75, 3.05) is 0 Å². The maximum absolute atomic E-state index is 6.74. The lowest BCUT2D eigenvalue weighted by Crippen LogP contribution is -2.50. The summed E-state index contributed by atoms with van der Waals surface area (Å²) in [4.78, 5) is 12.4. The molecule has 0 unspecified atom stereocenters. The fourth-order valence-corrected chi connectivity index (χ4v) is 10.2. The molecular formula is C21H28Cl2N4OSi. The molecule has 5 nitrogen and oxygen atoms in total. The Morgan fingerprint density at radius 1 is 0.931 bits per heavy atom. The van der Waals surface area contributed by atoms with Gasteiger partial charge in [0.2, 0.25) is 5.28 Å². The summed E-state index contributed by atoms with van der Waals surface area (Å²) in [6, 6.07) is 8.31. The first-order valence-electron chi connectivity index (χ1n) is 9.97. The Morgan fingerprint density at radius 3 is 2.07 bits per heavy atom. The van der Waals surface area contributed by atoms with Crippen LogP contribution in [0.3, 0.4) is 0 Å². The number of fused-ring (bicyclic) bond motifs is 1. The molecule has 2 aromatic heterocycles. The van der Waals surface area contributed by atoms with Gasteiger partial charge < -0.3 is 8.99 Å². The Balaban J connectivity index is 1.84. The molecule has 0 fully saturated rings. The maximum atomic E-state index is 6.74. The Morgan fingerprint density at radius 2 is 1.52 bits per heavy atom. The highest BCUT2D eigenvalue weighted by Gasteiger charge is 2.46. The van der Waals surface area contributed by atoms with E-state index in [4.69, 9.17) is 27.6 Å². The second-order valence-corrected chi connectivity index (χ2v) is 14.5. The van der Waals surface area contributed by atoms with E-state index in [1.54, 1.807) is 6.33 Å². The first-order chi connectivity index (χ1) is 13.6. The first kappa shape index (κ1) is 22.1. The van der Waals surface area contributed by atoms with Crippen molar-refractivity contribution in [2.24, 2.45) is 0 Å². The molecule has 2 heterocycles. The minimum absolute atomic E-state index is 0.0994. The SMILES string of the molecule is CC(C)[Si](Oc1ccc(Cn2cnc3nc(Cl)nc(Cl)c32)cc1)(C(C)C)C(C)C. The molecule has 29 heavy (non-hydrogen) atoms. The van der Waals surface area contributed by atoms with Crippen molar-refractivity contribution in [2.45, 2.75) is 64.7 Å². The number of benzene rings is 1. The van der Waals surface area contributed by atoms with Crippen LogP contribution in [-0.2, 0) is 6.54 Å². The van der Waals surface area contributed by atoms with Crippen LogP contribution >= 0.6 is 23.2 Å². The molecule has 0 radical (unpaired) electrons. The quantitative estimate of drug-likeness (QED) is 0.227. The highest BCUT2D eigenvalue weighted by Crippen LogP contribution is 2.42. The first-order valence-corrected chi connectivity index (χ1v) is 12.9. The highest BCUT2D eigenvalue weighted by atomic mass is 35.5. The van der Waals surface area contributed by atoms with E-state index >= 15 is 0 Å². The van der Waals surface area contributed by atoms with Crippen LogP contribution in [-0.4, -0.2) is 27.8 Å². The van der Waals surface area contributed by atoms with Crippen molar-refractivity contribution in [1.29, 1.82) is 0 Å². The smallest absolute Gasteiger partial charge is 0.258 e. The fraction of sp³-hybridized carbons (Fsp3) is 0.476. The van der Waals surface area contributed by atoms with Crippen molar-refractivity contribution < 1.29 is 4.43 Å². The average molecular weight is 451 g/mol. The van der Waals surface area contributed by atoms with E-state index in [0.29, 0.717) is 39.5 Å². The number of aromatic nitrogens is 4. The van der Waals surface area contributed by atoms with Gasteiger partial charge in [0.15, 0.2) is 10.8 Å². The molecule has 0 saturated carbocycles. The maximum Gasteiger partial charge on any atom is 0.258 e. The summed E-state index contributed by atoms with van der Waals surface area (Å²) in [6.45, 7) is 14.4. The van der Waals surface area contributed by atoms with E-state index < -0.39 is 8.32 Å². The van der Waals surface area contributed by atoms with Crippen molar-refractivity contribution in [1.82, 2.24) is 19.5 Å². The van der Waals surface area contributed by atoms with Crippen LogP contribution < -0.4 is 4.43 Å². The molecule has 0 spiro atoms. The Bertz CT molecular complexity index is 964. The van der Waals surface area contributed by atoms with Gasteiger partial charge in [0, 0.05) is 6.54 Å². The molecule has 1 aromatic carbocycles. The van der Waals surface area contributed by atoms with E-state index in [0.717, 1.165) is 11.3 Å². The van der Waals surface area contributed by atoms with Crippen LogP contribution in [0.5, 0.6) is 5.75 Å². The zero-order valence-electron chi connectivity index (χ0n) is 17.8. The predicted octanol–water partition coefficient (Wildman–Crippen LogP) is 6.74. The minimum atomic E-state index is -1.96. The molecule has 0 amide bonds. The zero-order chi connectivity index (χ0) is 21.3. The zero-order valence-corrected chi connectivity index (χ0v) is 20.3. The van der Waals surface area contributed by atoms with Crippen LogP contribution in [0.4, 0.5) is 0 Å². The molecule has 3 aromatic rings. The molecule has 0 N–H and O–H groups in total. The molecule has 8 heteroatoms. The number of hydrogen-bond acceptors (Lipinski definition) is 4. The lowest BCUT2D eigenvalue weighted by molar-refractivity contribution is 0.479. The number of hydrogen-bond donors (Lipinski definition) is 0. The minimum Gasteiger partial charge on any atom is -0.543 e. The Kier molecular flexibility index (Phi) is 6.56. The van der Waals surface area contributed by atoms with Gasteiger partial charge in [-0.15, -0.1) is 0 Å². The summed E-state index contributed by atoms with van der Waals surface area (Å²) in [5, 5.41) is 0.404. The topological polar surface area (TPSA) is 52.8 Å². The summed E-state index contributed by atoms with van der Waals surface area (Å²) in [6.07, 6.45) is 1.71. The largest absolute Gasteiger partial charge is 0.543 e. The highest BCUT2D eigenvalue weighted by molar-refractivity contribution is 6.78. The van der Waals surface area contributed by atoms with Crippen LogP contribution in [0.1, 0.15) is 47.1 Å². The van der Waals surface area contributed by atoms with Crippen LogP contribution in [0, 0.1) is 0 Å². The summed E-state index contributed by atoms with van der Waals surface area (Å²) in [5.74, 6) is 0.945. The normalized spacial score (nSPS) is 12.5. The van der Waals surface area contributed by atoms with Gasteiger partial charge in [-0.05, 0) is 45.9 Å². The van der Waals surface area contributed by atoms with Gasteiger partial charge in [0.1, 0.15) is 11.3 Å². The molecule has 0 aliphatic heterocycles. The molecule has 0 aliphatic rings. The van der Waals surface area contributed by atoms with E-state index in [-0.39, 0.29) is 5.28 Å². The van der Waals surface area contributed by atoms with Crippen LogP contribution in [0.2, 0.25) is 27.1 Å². The number of imidazole rings is 1. The fourth-order valence-electron chi connectivity index (χ4n) is 4.45. The number of rotatable bonds is 7. The predicted molar refractivity (Wildman–Crippen MR) is 123 cm³/mol. The summed E-state index contributed by atoms with van der Waals surface area (Å²) >= 11 is 12.1. The summed E-state index contributed by atoms with van der Waals surface area (Å²) < 4.78 is 8.67. The van der Waals surface area contributed by atoms with E-state index in [9.17, 15) is 0 Å². The van der Waals surface area contributed by atoms with Gasteiger partial charge in [0.25, 0.3) is 8.32 Å². The van der Waals surface area contributed by atoms with Crippen molar-refractivity contribution in [3.05, 3.63) is 46.6 Å². The third-order valence-electron chi connectivity index (χ3n) is 5.68.